The van der Waals surface area contributed by atoms with E-state index < -0.39 is 11.2 Å². The fourth-order valence-electron chi connectivity index (χ4n) is 2.67. The van der Waals surface area contributed by atoms with Gasteiger partial charge in [0.2, 0.25) is 5.91 Å². The number of morpholine rings is 1. The standard InChI is InChI=1S/C17H22FN5O2S/c1-12(15(19)24)26-17-21-20-16(13-2-4-14(18)5-3-13)23(17)7-6-22-8-10-25-11-9-22/h2-5,12H,6-11H2,1H3,(H2,19,24)/t12-/m0/s1. The molecule has 0 spiro atoms. The maximum atomic E-state index is 13.2. The van der Waals surface area contributed by atoms with Gasteiger partial charge in [-0.05, 0) is 31.2 Å². The molecule has 1 aromatic heterocycles. The summed E-state index contributed by atoms with van der Waals surface area (Å²) in [5, 5.41) is 8.71. The monoisotopic (exact) mass is 379 g/mol. The Balaban J connectivity index is 1.84. The first-order valence-corrected chi connectivity index (χ1v) is 9.38. The molecule has 0 radical (unpaired) electrons. The van der Waals surface area contributed by atoms with Crippen LogP contribution in [0.2, 0.25) is 0 Å². The van der Waals surface area contributed by atoms with E-state index in [0.29, 0.717) is 17.5 Å². The van der Waals surface area contributed by atoms with Crippen molar-refractivity contribution in [1.82, 2.24) is 19.7 Å². The molecule has 0 unspecified atom stereocenters. The van der Waals surface area contributed by atoms with Gasteiger partial charge in [0.15, 0.2) is 11.0 Å². The lowest BCUT2D eigenvalue weighted by Gasteiger charge is -2.27. The molecule has 7 nitrogen and oxygen atoms in total. The van der Waals surface area contributed by atoms with Crippen molar-refractivity contribution in [2.75, 3.05) is 32.8 Å². The van der Waals surface area contributed by atoms with Gasteiger partial charge in [0.25, 0.3) is 0 Å². The van der Waals surface area contributed by atoms with Crippen LogP contribution in [-0.4, -0.2) is 63.7 Å². The number of thioether (sulfide) groups is 1. The minimum absolute atomic E-state index is 0.301. The van der Waals surface area contributed by atoms with Crippen LogP contribution in [0.3, 0.4) is 0 Å². The molecule has 26 heavy (non-hydrogen) atoms. The van der Waals surface area contributed by atoms with E-state index in [9.17, 15) is 9.18 Å². The van der Waals surface area contributed by atoms with Crippen molar-refractivity contribution < 1.29 is 13.9 Å². The van der Waals surface area contributed by atoms with Crippen LogP contribution in [0, 0.1) is 5.82 Å². The first-order chi connectivity index (χ1) is 12.5. The summed E-state index contributed by atoms with van der Waals surface area (Å²) in [6.07, 6.45) is 0. The first kappa shape index (κ1) is 18.8. The van der Waals surface area contributed by atoms with Crippen LogP contribution >= 0.6 is 11.8 Å². The number of carbonyl (C=O) groups excluding carboxylic acids is 1. The van der Waals surface area contributed by atoms with Gasteiger partial charge in [0.05, 0.1) is 18.5 Å². The number of hydrogen-bond acceptors (Lipinski definition) is 6. The smallest absolute Gasteiger partial charge is 0.230 e. The second kappa shape index (κ2) is 8.61. The zero-order valence-electron chi connectivity index (χ0n) is 14.6. The van der Waals surface area contributed by atoms with E-state index in [-0.39, 0.29) is 5.82 Å². The van der Waals surface area contributed by atoms with Gasteiger partial charge >= 0.3 is 0 Å². The van der Waals surface area contributed by atoms with Gasteiger partial charge in [-0.25, -0.2) is 4.39 Å². The predicted octanol–water partition coefficient (Wildman–Crippen LogP) is 1.38. The van der Waals surface area contributed by atoms with Gasteiger partial charge in [-0.2, -0.15) is 0 Å². The Morgan fingerprint density at radius 3 is 2.62 bits per heavy atom. The Kier molecular flexibility index (Phi) is 6.23. The molecule has 1 aliphatic heterocycles. The highest BCUT2D eigenvalue weighted by molar-refractivity contribution is 8.00. The van der Waals surface area contributed by atoms with E-state index in [0.717, 1.165) is 38.4 Å². The Hall–Kier alpha value is -1.97. The summed E-state index contributed by atoms with van der Waals surface area (Å²) < 4.78 is 20.6. The molecular formula is C17H22FN5O2S. The summed E-state index contributed by atoms with van der Waals surface area (Å²) in [6, 6.07) is 6.15. The molecule has 1 aliphatic rings. The van der Waals surface area contributed by atoms with Crippen molar-refractivity contribution in [3.05, 3.63) is 30.1 Å². The fourth-order valence-corrected chi connectivity index (χ4v) is 3.50. The highest BCUT2D eigenvalue weighted by Crippen LogP contribution is 2.27. The third kappa shape index (κ3) is 4.60. The molecule has 0 bridgehead atoms. The van der Waals surface area contributed by atoms with Crippen molar-refractivity contribution >= 4 is 17.7 Å². The zero-order valence-corrected chi connectivity index (χ0v) is 15.4. The van der Waals surface area contributed by atoms with Crippen LogP contribution in [0.25, 0.3) is 11.4 Å². The van der Waals surface area contributed by atoms with E-state index in [1.165, 1.54) is 23.9 Å². The molecule has 0 saturated carbocycles. The number of amides is 1. The number of halogens is 1. The molecule has 1 atom stereocenters. The summed E-state index contributed by atoms with van der Waals surface area (Å²) in [5.41, 5.74) is 6.16. The molecular weight excluding hydrogens is 357 g/mol. The molecule has 2 aromatic rings. The quantitative estimate of drug-likeness (QED) is 0.732. The normalized spacial score (nSPS) is 16.5. The largest absolute Gasteiger partial charge is 0.379 e. The van der Waals surface area contributed by atoms with E-state index in [1.54, 1.807) is 19.1 Å². The molecule has 2 N–H and O–H groups in total. The second-order valence-corrected chi connectivity index (χ2v) is 7.39. The van der Waals surface area contributed by atoms with Gasteiger partial charge in [0, 0.05) is 31.7 Å². The summed E-state index contributed by atoms with van der Waals surface area (Å²) in [6.45, 7) is 6.44. The van der Waals surface area contributed by atoms with Crippen LogP contribution in [0.1, 0.15) is 6.92 Å². The van der Waals surface area contributed by atoms with Crippen molar-refractivity contribution in [3.63, 3.8) is 0 Å². The third-order valence-electron chi connectivity index (χ3n) is 4.25. The van der Waals surface area contributed by atoms with E-state index in [2.05, 4.69) is 15.1 Å². The summed E-state index contributed by atoms with van der Waals surface area (Å²) in [4.78, 5) is 13.7. The van der Waals surface area contributed by atoms with Gasteiger partial charge in [-0.15, -0.1) is 10.2 Å². The van der Waals surface area contributed by atoms with Gasteiger partial charge < -0.3 is 15.0 Å². The summed E-state index contributed by atoms with van der Waals surface area (Å²) >= 11 is 1.28. The third-order valence-corrected chi connectivity index (χ3v) is 5.34. The number of aromatic nitrogens is 3. The summed E-state index contributed by atoms with van der Waals surface area (Å²) in [7, 11) is 0. The fraction of sp³-hybridized carbons (Fsp3) is 0.471. The number of hydrogen-bond donors (Lipinski definition) is 1. The molecule has 1 saturated heterocycles. The van der Waals surface area contributed by atoms with E-state index >= 15 is 0 Å². The number of carbonyl (C=O) groups is 1. The van der Waals surface area contributed by atoms with Crippen LogP contribution in [0.15, 0.2) is 29.4 Å². The van der Waals surface area contributed by atoms with Crippen molar-refractivity contribution in [3.8, 4) is 11.4 Å². The lowest BCUT2D eigenvalue weighted by atomic mass is 10.2. The minimum atomic E-state index is -0.414. The Labute approximate surface area is 155 Å². The number of ether oxygens (including phenoxy) is 1. The Morgan fingerprint density at radius 2 is 1.96 bits per heavy atom. The topological polar surface area (TPSA) is 86.3 Å². The number of nitrogens with two attached hydrogens (primary N) is 1. The van der Waals surface area contributed by atoms with E-state index in [4.69, 9.17) is 10.5 Å². The van der Waals surface area contributed by atoms with Crippen molar-refractivity contribution in [2.24, 2.45) is 5.73 Å². The number of benzene rings is 1. The maximum absolute atomic E-state index is 13.2. The highest BCUT2D eigenvalue weighted by Gasteiger charge is 2.20. The highest BCUT2D eigenvalue weighted by atomic mass is 32.2. The van der Waals surface area contributed by atoms with Crippen LogP contribution < -0.4 is 5.73 Å². The Morgan fingerprint density at radius 1 is 1.27 bits per heavy atom. The van der Waals surface area contributed by atoms with Gasteiger partial charge in [-0.3, -0.25) is 9.69 Å². The molecule has 9 heteroatoms. The molecule has 1 amide bonds. The molecule has 3 rings (SSSR count). The summed E-state index contributed by atoms with van der Waals surface area (Å²) in [5.74, 6) is -0.0522. The lowest BCUT2D eigenvalue weighted by molar-refractivity contribution is -0.117. The van der Waals surface area contributed by atoms with E-state index in [1.807, 2.05) is 4.57 Å². The number of rotatable bonds is 7. The Bertz CT molecular complexity index is 746. The van der Waals surface area contributed by atoms with Crippen LogP contribution in [0.5, 0.6) is 0 Å². The van der Waals surface area contributed by atoms with Crippen LogP contribution in [-0.2, 0) is 16.1 Å². The molecule has 1 fully saturated rings. The molecule has 2 heterocycles. The van der Waals surface area contributed by atoms with Crippen molar-refractivity contribution in [1.29, 1.82) is 0 Å². The SMILES string of the molecule is C[C@H](Sc1nnc(-c2ccc(F)cc2)n1CCN1CCOCC1)C(N)=O. The van der Waals surface area contributed by atoms with Gasteiger partial charge in [0.1, 0.15) is 5.82 Å². The average molecular weight is 379 g/mol. The molecule has 0 aliphatic carbocycles. The predicted molar refractivity (Wildman–Crippen MR) is 97.2 cm³/mol. The maximum Gasteiger partial charge on any atom is 0.230 e. The van der Waals surface area contributed by atoms with Gasteiger partial charge in [-0.1, -0.05) is 11.8 Å². The lowest BCUT2D eigenvalue weighted by Crippen LogP contribution is -2.38. The first-order valence-electron chi connectivity index (χ1n) is 8.50. The number of nitrogens with zero attached hydrogens (tertiary/aromatic N) is 4. The average Bonchev–Trinajstić information content (AvgIpc) is 3.04. The number of primary amides is 1. The van der Waals surface area contributed by atoms with Crippen molar-refractivity contribution in [2.45, 2.75) is 23.9 Å². The molecule has 1 aromatic carbocycles. The second-order valence-electron chi connectivity index (χ2n) is 6.08. The van der Waals surface area contributed by atoms with Crippen LogP contribution in [0.4, 0.5) is 4.39 Å². The minimum Gasteiger partial charge on any atom is -0.379 e. The zero-order chi connectivity index (χ0) is 18.5. The molecule has 140 valence electrons.